The van der Waals surface area contributed by atoms with Crippen LogP contribution in [0.1, 0.15) is 44.9 Å². The molecule has 0 spiro atoms. The van der Waals surface area contributed by atoms with Crippen molar-refractivity contribution in [1.29, 1.82) is 0 Å². The lowest BCUT2D eigenvalue weighted by atomic mass is 9.96. The molecule has 0 heterocycles. The molecule has 0 aliphatic heterocycles. The van der Waals surface area contributed by atoms with E-state index < -0.39 is 0 Å². The molecule has 1 saturated carbocycles. The van der Waals surface area contributed by atoms with Crippen LogP contribution in [0, 0.1) is 5.92 Å². The van der Waals surface area contributed by atoms with Crippen molar-refractivity contribution in [2.45, 2.75) is 44.9 Å². The summed E-state index contributed by atoms with van der Waals surface area (Å²) in [6.07, 6.45) is 7.97. The monoisotopic (exact) mass is 281 g/mol. The van der Waals surface area contributed by atoms with Gasteiger partial charge in [-0.05, 0) is 37.0 Å². The third kappa shape index (κ3) is 4.43. The molecule has 2 N–H and O–H groups in total. The number of phenolic OH excluding ortho intramolecular Hbond substituents is 1. The fourth-order valence-electron chi connectivity index (χ4n) is 2.63. The topological polar surface area (TPSA) is 49.3 Å². The molecule has 1 amide bonds. The van der Waals surface area contributed by atoms with Gasteiger partial charge in [0.25, 0.3) is 0 Å². The third-order valence-electron chi connectivity index (χ3n) is 3.68. The van der Waals surface area contributed by atoms with Gasteiger partial charge in [0.2, 0.25) is 5.91 Å². The molecule has 4 heteroatoms. The average molecular weight is 282 g/mol. The Morgan fingerprint density at radius 1 is 1.26 bits per heavy atom. The summed E-state index contributed by atoms with van der Waals surface area (Å²) in [5.41, 5.74) is 0.640. The Morgan fingerprint density at radius 3 is 2.58 bits per heavy atom. The van der Waals surface area contributed by atoms with Gasteiger partial charge in [-0.1, -0.05) is 37.3 Å². The summed E-state index contributed by atoms with van der Waals surface area (Å²) >= 11 is 5.81. The molecule has 1 aliphatic rings. The Labute approximate surface area is 119 Å². The van der Waals surface area contributed by atoms with Crippen LogP contribution in [0.25, 0.3) is 0 Å². The van der Waals surface area contributed by atoms with E-state index in [2.05, 4.69) is 5.32 Å². The highest BCUT2D eigenvalue weighted by Gasteiger charge is 2.16. The maximum Gasteiger partial charge on any atom is 0.224 e. The first kappa shape index (κ1) is 14.2. The molecule has 1 fully saturated rings. The second kappa shape index (κ2) is 6.80. The number of anilines is 1. The van der Waals surface area contributed by atoms with Crippen LogP contribution >= 0.6 is 11.6 Å². The number of carbonyl (C=O) groups excluding carboxylic acids is 1. The first-order valence-electron chi connectivity index (χ1n) is 6.93. The SMILES string of the molecule is O=C(CC1CCCCCC1)Nc1ccc(O)c(Cl)c1. The lowest BCUT2D eigenvalue weighted by molar-refractivity contribution is -0.117. The van der Waals surface area contributed by atoms with Crippen molar-refractivity contribution < 1.29 is 9.90 Å². The molecule has 3 nitrogen and oxygen atoms in total. The summed E-state index contributed by atoms with van der Waals surface area (Å²) < 4.78 is 0. The minimum Gasteiger partial charge on any atom is -0.506 e. The average Bonchev–Trinajstić information content (AvgIpc) is 2.62. The molecule has 0 atom stereocenters. The highest BCUT2D eigenvalue weighted by atomic mass is 35.5. The van der Waals surface area contributed by atoms with Crippen molar-refractivity contribution in [2.75, 3.05) is 5.32 Å². The van der Waals surface area contributed by atoms with Crippen molar-refractivity contribution >= 4 is 23.2 Å². The van der Waals surface area contributed by atoms with Crippen LogP contribution in [0.2, 0.25) is 5.02 Å². The van der Waals surface area contributed by atoms with E-state index in [4.69, 9.17) is 11.6 Å². The lowest BCUT2D eigenvalue weighted by Crippen LogP contribution is -2.16. The zero-order chi connectivity index (χ0) is 13.7. The number of nitrogens with one attached hydrogen (secondary N) is 1. The molecule has 1 aromatic carbocycles. The smallest absolute Gasteiger partial charge is 0.224 e. The van der Waals surface area contributed by atoms with Gasteiger partial charge in [0.1, 0.15) is 5.75 Å². The number of rotatable bonds is 3. The Kier molecular flexibility index (Phi) is 5.08. The van der Waals surface area contributed by atoms with Gasteiger partial charge in [-0.15, -0.1) is 0 Å². The zero-order valence-corrected chi connectivity index (χ0v) is 11.7. The number of aromatic hydroxyl groups is 1. The van der Waals surface area contributed by atoms with Gasteiger partial charge in [-0.25, -0.2) is 0 Å². The maximum absolute atomic E-state index is 12.0. The van der Waals surface area contributed by atoms with Gasteiger partial charge < -0.3 is 10.4 Å². The Hall–Kier alpha value is -1.22. The summed E-state index contributed by atoms with van der Waals surface area (Å²) in [6.45, 7) is 0. The number of phenols is 1. The van der Waals surface area contributed by atoms with Gasteiger partial charge in [-0.2, -0.15) is 0 Å². The Balaban J connectivity index is 1.87. The van der Waals surface area contributed by atoms with Crippen LogP contribution in [-0.2, 0) is 4.79 Å². The summed E-state index contributed by atoms with van der Waals surface area (Å²) in [5, 5.41) is 12.4. The molecular formula is C15H20ClNO2. The normalized spacial score (nSPS) is 16.9. The minimum absolute atomic E-state index is 0.0310. The molecule has 0 bridgehead atoms. The van der Waals surface area contributed by atoms with Gasteiger partial charge in [0, 0.05) is 12.1 Å². The summed E-state index contributed by atoms with van der Waals surface area (Å²) in [7, 11) is 0. The van der Waals surface area contributed by atoms with E-state index in [0.29, 0.717) is 18.0 Å². The number of hydrogen-bond donors (Lipinski definition) is 2. The minimum atomic E-state index is 0.0310. The molecule has 1 aromatic rings. The second-order valence-electron chi connectivity index (χ2n) is 5.28. The number of amides is 1. The fourth-order valence-corrected chi connectivity index (χ4v) is 2.81. The van der Waals surface area contributed by atoms with Crippen molar-refractivity contribution in [2.24, 2.45) is 5.92 Å². The molecule has 0 unspecified atom stereocenters. The standard InChI is InChI=1S/C15H20ClNO2/c16-13-10-12(7-8-14(13)18)17-15(19)9-11-5-3-1-2-4-6-11/h7-8,10-11,18H,1-6,9H2,(H,17,19). The van der Waals surface area contributed by atoms with Crippen LogP contribution in [0.4, 0.5) is 5.69 Å². The first-order chi connectivity index (χ1) is 9.15. The van der Waals surface area contributed by atoms with E-state index in [9.17, 15) is 9.90 Å². The predicted molar refractivity (Wildman–Crippen MR) is 77.6 cm³/mol. The van der Waals surface area contributed by atoms with Gasteiger partial charge in [-0.3, -0.25) is 4.79 Å². The van der Waals surface area contributed by atoms with Gasteiger partial charge in [0.15, 0.2) is 0 Å². The molecule has 1 aliphatic carbocycles. The summed E-state index contributed by atoms with van der Waals surface area (Å²) in [6, 6.07) is 4.72. The maximum atomic E-state index is 12.0. The van der Waals surface area contributed by atoms with E-state index in [1.807, 2.05) is 0 Å². The van der Waals surface area contributed by atoms with Crippen LogP contribution in [-0.4, -0.2) is 11.0 Å². The molecule has 2 rings (SSSR count). The highest BCUT2D eigenvalue weighted by molar-refractivity contribution is 6.32. The first-order valence-corrected chi connectivity index (χ1v) is 7.31. The van der Waals surface area contributed by atoms with E-state index in [1.54, 1.807) is 12.1 Å². The van der Waals surface area contributed by atoms with E-state index in [0.717, 1.165) is 12.8 Å². The fraction of sp³-hybridized carbons (Fsp3) is 0.533. The molecule has 104 valence electrons. The molecule has 0 radical (unpaired) electrons. The zero-order valence-electron chi connectivity index (χ0n) is 11.0. The van der Waals surface area contributed by atoms with Crippen LogP contribution in [0.3, 0.4) is 0 Å². The molecular weight excluding hydrogens is 262 g/mol. The largest absolute Gasteiger partial charge is 0.506 e. The molecule has 0 aromatic heterocycles. The van der Waals surface area contributed by atoms with E-state index in [1.165, 1.54) is 31.7 Å². The summed E-state index contributed by atoms with van der Waals surface area (Å²) in [5.74, 6) is 0.576. The van der Waals surface area contributed by atoms with E-state index >= 15 is 0 Å². The number of halogens is 1. The second-order valence-corrected chi connectivity index (χ2v) is 5.68. The molecule has 19 heavy (non-hydrogen) atoms. The van der Waals surface area contributed by atoms with Gasteiger partial charge in [0.05, 0.1) is 5.02 Å². The van der Waals surface area contributed by atoms with E-state index in [-0.39, 0.29) is 16.7 Å². The summed E-state index contributed by atoms with van der Waals surface area (Å²) in [4.78, 5) is 12.0. The van der Waals surface area contributed by atoms with Crippen LogP contribution in [0.5, 0.6) is 5.75 Å². The van der Waals surface area contributed by atoms with Gasteiger partial charge >= 0.3 is 0 Å². The lowest BCUT2D eigenvalue weighted by Gasteiger charge is -2.13. The Morgan fingerprint density at radius 2 is 1.95 bits per heavy atom. The van der Waals surface area contributed by atoms with Crippen molar-refractivity contribution in [3.05, 3.63) is 23.2 Å². The predicted octanol–water partition coefficient (Wildman–Crippen LogP) is 4.34. The number of carbonyl (C=O) groups is 1. The van der Waals surface area contributed by atoms with Crippen molar-refractivity contribution in [1.82, 2.24) is 0 Å². The molecule has 0 saturated heterocycles. The number of hydrogen-bond acceptors (Lipinski definition) is 2. The van der Waals surface area contributed by atoms with Crippen molar-refractivity contribution in [3.63, 3.8) is 0 Å². The quantitative estimate of drug-likeness (QED) is 0.639. The van der Waals surface area contributed by atoms with Crippen molar-refractivity contribution in [3.8, 4) is 5.75 Å². The third-order valence-corrected chi connectivity index (χ3v) is 3.98. The number of benzene rings is 1. The Bertz CT molecular complexity index is 440. The highest BCUT2D eigenvalue weighted by Crippen LogP contribution is 2.28. The van der Waals surface area contributed by atoms with Crippen LogP contribution < -0.4 is 5.32 Å². The van der Waals surface area contributed by atoms with Crippen LogP contribution in [0.15, 0.2) is 18.2 Å².